The highest BCUT2D eigenvalue weighted by Crippen LogP contribution is 2.33. The van der Waals surface area contributed by atoms with E-state index in [1.165, 1.54) is 25.7 Å². The van der Waals surface area contributed by atoms with Gasteiger partial charge in [-0.25, -0.2) is 0 Å². The maximum atomic E-state index is 12.9. The molecule has 0 radical (unpaired) electrons. The Labute approximate surface area is 168 Å². The van der Waals surface area contributed by atoms with Crippen molar-refractivity contribution in [2.45, 2.75) is 63.8 Å². The molecule has 1 unspecified atom stereocenters. The Morgan fingerprint density at radius 2 is 1.85 bits per heavy atom. The van der Waals surface area contributed by atoms with Crippen molar-refractivity contribution in [2.75, 3.05) is 6.54 Å². The molecule has 2 heterocycles. The summed E-state index contributed by atoms with van der Waals surface area (Å²) in [5, 5.41) is 4.15. The number of nitrogens with zero attached hydrogens (tertiary/aromatic N) is 3. The van der Waals surface area contributed by atoms with E-state index in [2.05, 4.69) is 26.1 Å². The molecule has 6 heteroatoms. The van der Waals surface area contributed by atoms with Crippen LogP contribution in [0.5, 0.6) is 0 Å². The predicted octanol–water partition coefficient (Wildman–Crippen LogP) is 5.52. The van der Waals surface area contributed by atoms with Crippen LogP contribution in [-0.2, 0) is 4.79 Å². The summed E-state index contributed by atoms with van der Waals surface area (Å²) in [5.41, 5.74) is 0.920. The predicted molar refractivity (Wildman–Crippen MR) is 107 cm³/mol. The topological polar surface area (TPSA) is 59.2 Å². The minimum absolute atomic E-state index is 0.0773. The smallest absolute Gasteiger partial charge is 0.249 e. The lowest BCUT2D eigenvalue weighted by Gasteiger charge is -2.33. The minimum atomic E-state index is -0.0773. The zero-order valence-corrected chi connectivity index (χ0v) is 17.2. The van der Waals surface area contributed by atoms with Gasteiger partial charge in [0, 0.05) is 23.0 Å². The number of amides is 1. The van der Waals surface area contributed by atoms with Gasteiger partial charge in [-0.05, 0) is 55.9 Å². The molecule has 0 bridgehead atoms. The lowest BCUT2D eigenvalue weighted by atomic mass is 9.98. The lowest BCUT2D eigenvalue weighted by Crippen LogP contribution is -2.38. The summed E-state index contributed by atoms with van der Waals surface area (Å²) in [6.45, 7) is 0.796. The first kappa shape index (κ1) is 18.7. The van der Waals surface area contributed by atoms with Crippen LogP contribution in [0.2, 0.25) is 0 Å². The second kappa shape index (κ2) is 8.55. The van der Waals surface area contributed by atoms with Crippen molar-refractivity contribution in [1.82, 2.24) is 15.0 Å². The lowest BCUT2D eigenvalue weighted by molar-refractivity contribution is -0.136. The van der Waals surface area contributed by atoms with E-state index in [-0.39, 0.29) is 11.9 Å². The molecule has 5 nitrogen and oxygen atoms in total. The monoisotopic (exact) mass is 431 g/mol. The molecule has 1 aromatic carbocycles. The molecule has 1 aliphatic heterocycles. The molecular formula is C21H26BrN3O2. The minimum Gasteiger partial charge on any atom is -0.337 e. The van der Waals surface area contributed by atoms with Crippen LogP contribution in [0.25, 0.3) is 11.4 Å². The Hall–Kier alpha value is -1.69. The summed E-state index contributed by atoms with van der Waals surface area (Å²) in [5.74, 6) is 2.14. The molecule has 0 N–H and O–H groups in total. The molecule has 144 valence electrons. The van der Waals surface area contributed by atoms with Crippen molar-refractivity contribution in [3.05, 3.63) is 34.6 Å². The second-order valence-electron chi connectivity index (χ2n) is 7.75. The van der Waals surface area contributed by atoms with Gasteiger partial charge in [0.25, 0.3) is 0 Å². The van der Waals surface area contributed by atoms with Gasteiger partial charge in [0.05, 0.1) is 0 Å². The summed E-state index contributed by atoms with van der Waals surface area (Å²) in [7, 11) is 0. The quantitative estimate of drug-likeness (QED) is 0.624. The number of rotatable bonds is 5. The van der Waals surface area contributed by atoms with E-state index in [0.29, 0.717) is 18.1 Å². The van der Waals surface area contributed by atoms with Gasteiger partial charge >= 0.3 is 0 Å². The van der Waals surface area contributed by atoms with E-state index < -0.39 is 0 Å². The number of halogens is 1. The number of carbonyl (C=O) groups is 1. The van der Waals surface area contributed by atoms with Gasteiger partial charge in [0.15, 0.2) is 0 Å². The average Bonchev–Trinajstić information content (AvgIpc) is 3.39. The van der Waals surface area contributed by atoms with Crippen LogP contribution < -0.4 is 0 Å². The molecule has 1 saturated heterocycles. The third kappa shape index (κ3) is 4.42. The van der Waals surface area contributed by atoms with Crippen molar-refractivity contribution < 1.29 is 9.32 Å². The first-order valence-electron chi connectivity index (χ1n) is 10.1. The van der Waals surface area contributed by atoms with E-state index >= 15 is 0 Å². The molecule has 2 aliphatic rings. The maximum Gasteiger partial charge on any atom is 0.249 e. The van der Waals surface area contributed by atoms with Crippen molar-refractivity contribution in [3.63, 3.8) is 0 Å². The van der Waals surface area contributed by atoms with Crippen molar-refractivity contribution in [1.29, 1.82) is 0 Å². The van der Waals surface area contributed by atoms with Gasteiger partial charge in [-0.15, -0.1) is 0 Å². The van der Waals surface area contributed by atoms with E-state index in [1.807, 2.05) is 29.2 Å². The zero-order chi connectivity index (χ0) is 18.6. The Balaban J connectivity index is 1.45. The fourth-order valence-corrected chi connectivity index (χ4v) is 4.61. The SMILES string of the molecule is O=C(CCC1CCCC1)N1CCCCC1c1nc(-c2ccc(Br)cc2)no1. The Kier molecular flexibility index (Phi) is 5.91. The molecule has 1 saturated carbocycles. The fourth-order valence-electron chi connectivity index (χ4n) is 4.34. The van der Waals surface area contributed by atoms with Crippen LogP contribution in [0, 0.1) is 5.92 Å². The summed E-state index contributed by atoms with van der Waals surface area (Å²) in [6, 6.07) is 7.77. The normalized spacial score (nSPS) is 20.9. The Morgan fingerprint density at radius 1 is 1.11 bits per heavy atom. The number of benzene rings is 1. The first-order valence-corrected chi connectivity index (χ1v) is 10.9. The van der Waals surface area contributed by atoms with Crippen LogP contribution in [0.15, 0.2) is 33.3 Å². The number of hydrogen-bond acceptors (Lipinski definition) is 4. The van der Waals surface area contributed by atoms with Gasteiger partial charge in [-0.1, -0.05) is 46.8 Å². The highest BCUT2D eigenvalue weighted by atomic mass is 79.9. The molecule has 2 fully saturated rings. The number of hydrogen-bond donors (Lipinski definition) is 0. The van der Waals surface area contributed by atoms with Gasteiger partial charge in [0.2, 0.25) is 17.6 Å². The summed E-state index contributed by atoms with van der Waals surface area (Å²) < 4.78 is 6.60. The molecule has 2 aromatic rings. The second-order valence-corrected chi connectivity index (χ2v) is 8.67. The van der Waals surface area contributed by atoms with E-state index in [1.54, 1.807) is 0 Å². The molecule has 1 aliphatic carbocycles. The van der Waals surface area contributed by atoms with Gasteiger partial charge < -0.3 is 9.42 Å². The standard InChI is InChI=1S/C21H26BrN3O2/c22-17-11-9-16(10-12-17)20-23-21(27-24-20)18-7-3-4-14-25(18)19(26)13-8-15-5-1-2-6-15/h9-12,15,18H,1-8,13-14H2. The van der Waals surface area contributed by atoms with Crippen molar-refractivity contribution in [3.8, 4) is 11.4 Å². The van der Waals surface area contributed by atoms with Crippen LogP contribution >= 0.6 is 15.9 Å². The summed E-state index contributed by atoms with van der Waals surface area (Å²) >= 11 is 3.44. The van der Waals surface area contributed by atoms with Gasteiger partial charge in [0.1, 0.15) is 6.04 Å². The number of likely N-dealkylation sites (tertiary alicyclic amines) is 1. The van der Waals surface area contributed by atoms with Gasteiger partial charge in [-0.2, -0.15) is 4.98 Å². The molecular weight excluding hydrogens is 406 g/mol. The highest BCUT2D eigenvalue weighted by molar-refractivity contribution is 9.10. The van der Waals surface area contributed by atoms with Crippen LogP contribution in [0.3, 0.4) is 0 Å². The highest BCUT2D eigenvalue weighted by Gasteiger charge is 2.32. The van der Waals surface area contributed by atoms with E-state index in [9.17, 15) is 4.79 Å². The Morgan fingerprint density at radius 3 is 2.63 bits per heavy atom. The van der Waals surface area contributed by atoms with E-state index in [0.717, 1.165) is 48.2 Å². The van der Waals surface area contributed by atoms with Crippen LogP contribution in [0.4, 0.5) is 0 Å². The van der Waals surface area contributed by atoms with Crippen molar-refractivity contribution in [2.24, 2.45) is 5.92 Å². The van der Waals surface area contributed by atoms with E-state index in [4.69, 9.17) is 4.52 Å². The third-order valence-corrected chi connectivity index (χ3v) is 6.42. The number of carbonyl (C=O) groups excluding carboxylic acids is 1. The summed E-state index contributed by atoms with van der Waals surface area (Å²) in [4.78, 5) is 19.5. The number of piperidine rings is 1. The number of aromatic nitrogens is 2. The van der Waals surface area contributed by atoms with Crippen molar-refractivity contribution >= 4 is 21.8 Å². The van der Waals surface area contributed by atoms with Crippen LogP contribution in [0.1, 0.15) is 69.7 Å². The van der Waals surface area contributed by atoms with Gasteiger partial charge in [-0.3, -0.25) is 4.79 Å². The largest absolute Gasteiger partial charge is 0.337 e. The zero-order valence-electron chi connectivity index (χ0n) is 15.6. The molecule has 0 spiro atoms. The summed E-state index contributed by atoms with van der Waals surface area (Å²) in [6.07, 6.45) is 9.94. The molecule has 1 aromatic heterocycles. The van der Waals surface area contributed by atoms with Crippen LogP contribution in [-0.4, -0.2) is 27.5 Å². The average molecular weight is 432 g/mol. The molecule has 4 rings (SSSR count). The molecule has 27 heavy (non-hydrogen) atoms. The first-order chi connectivity index (χ1) is 13.2. The third-order valence-electron chi connectivity index (χ3n) is 5.89. The molecule has 1 amide bonds. The Bertz CT molecular complexity index is 768. The maximum absolute atomic E-state index is 12.9. The molecule has 1 atom stereocenters. The fraction of sp³-hybridized carbons (Fsp3) is 0.571.